The molecule has 0 amide bonds. The second kappa shape index (κ2) is 4.02. The van der Waals surface area contributed by atoms with E-state index >= 15 is 0 Å². The molecule has 1 rings (SSSR count). The van der Waals surface area contributed by atoms with Gasteiger partial charge in [0.25, 0.3) is 0 Å². The molecular weight excluding hydrogens is 179 g/mol. The topological polar surface area (TPSA) is 17.1 Å². The van der Waals surface area contributed by atoms with Crippen molar-refractivity contribution in [1.29, 1.82) is 0 Å². The molecule has 1 aromatic carbocycles. The summed E-state index contributed by atoms with van der Waals surface area (Å²) in [5, 5.41) is 0.279. The van der Waals surface area contributed by atoms with Gasteiger partial charge >= 0.3 is 0 Å². The number of hydrogen-bond donors (Lipinski definition) is 0. The molecule has 12 heavy (non-hydrogen) atoms. The van der Waals surface area contributed by atoms with E-state index in [0.717, 1.165) is 6.08 Å². The zero-order valence-corrected chi connectivity index (χ0v) is 6.81. The van der Waals surface area contributed by atoms with Crippen molar-refractivity contribution in [1.82, 2.24) is 0 Å². The summed E-state index contributed by atoms with van der Waals surface area (Å²) in [5.41, 5.74) is 0.211. The third-order valence-corrected chi connectivity index (χ3v) is 1.65. The van der Waals surface area contributed by atoms with E-state index in [9.17, 15) is 9.18 Å². The fraction of sp³-hybridized carbons (Fsp3) is 0. The Labute approximate surface area is 74.5 Å². The van der Waals surface area contributed by atoms with Crippen LogP contribution in [0.4, 0.5) is 4.39 Å². The minimum atomic E-state index is -0.450. The maximum atomic E-state index is 12.9. The second-order valence-corrected chi connectivity index (χ2v) is 2.49. The summed E-state index contributed by atoms with van der Waals surface area (Å²) in [6.07, 6.45) is 3.87. The van der Waals surface area contributed by atoms with Crippen LogP contribution >= 0.6 is 11.6 Å². The highest BCUT2D eigenvalue weighted by atomic mass is 35.5. The van der Waals surface area contributed by atoms with Crippen molar-refractivity contribution in [2.24, 2.45) is 0 Å². The predicted molar refractivity (Wildman–Crippen MR) is 46.1 cm³/mol. The fourth-order valence-electron chi connectivity index (χ4n) is 0.787. The predicted octanol–water partition coefficient (Wildman–Crippen LogP) is 2.60. The molecule has 1 nitrogen and oxygen atoms in total. The Morgan fingerprint density at radius 2 is 2.25 bits per heavy atom. The van der Waals surface area contributed by atoms with E-state index in [4.69, 9.17) is 11.6 Å². The van der Waals surface area contributed by atoms with Crippen LogP contribution in [-0.2, 0) is 4.79 Å². The lowest BCUT2D eigenvalue weighted by Gasteiger charge is -1.97. The molecule has 0 aliphatic heterocycles. The number of benzene rings is 1. The highest BCUT2D eigenvalue weighted by molar-refractivity contribution is 6.32. The molecule has 3 heteroatoms. The summed E-state index contributed by atoms with van der Waals surface area (Å²) in [5.74, 6) is -0.450. The van der Waals surface area contributed by atoms with Crippen molar-refractivity contribution in [2.75, 3.05) is 0 Å². The molecular formula is C9H5ClFO. The van der Waals surface area contributed by atoms with E-state index in [2.05, 4.69) is 0 Å². The van der Waals surface area contributed by atoms with Crippen LogP contribution in [0.2, 0.25) is 5.02 Å². The average molecular weight is 184 g/mol. The van der Waals surface area contributed by atoms with Crippen molar-refractivity contribution < 1.29 is 9.18 Å². The third kappa shape index (κ3) is 1.92. The Kier molecular flexibility index (Phi) is 3.00. The van der Waals surface area contributed by atoms with Crippen LogP contribution in [0.15, 0.2) is 24.3 Å². The van der Waals surface area contributed by atoms with Crippen LogP contribution in [0, 0.1) is 5.82 Å². The number of halogens is 2. The van der Waals surface area contributed by atoms with Crippen LogP contribution in [0.25, 0.3) is 6.08 Å². The number of hydrogen-bond acceptors (Lipinski definition) is 1. The lowest BCUT2D eigenvalue weighted by atomic mass is 10.2. The van der Waals surface area contributed by atoms with Gasteiger partial charge in [0.2, 0.25) is 6.29 Å². The van der Waals surface area contributed by atoms with Gasteiger partial charge in [-0.15, -0.1) is 0 Å². The second-order valence-electron chi connectivity index (χ2n) is 2.09. The Bertz CT molecular complexity index is 300. The largest absolute Gasteiger partial charge is 0.286 e. The molecule has 0 fully saturated rings. The lowest BCUT2D eigenvalue weighted by Crippen LogP contribution is -1.82. The minimum Gasteiger partial charge on any atom is -0.286 e. The lowest BCUT2D eigenvalue weighted by molar-refractivity contribution is 0.564. The Morgan fingerprint density at radius 3 is 2.83 bits per heavy atom. The molecule has 0 saturated carbocycles. The van der Waals surface area contributed by atoms with Crippen molar-refractivity contribution >= 4 is 24.0 Å². The van der Waals surface area contributed by atoms with Crippen LogP contribution in [0.1, 0.15) is 5.56 Å². The summed E-state index contributed by atoms with van der Waals surface area (Å²) in [7, 11) is 0. The van der Waals surface area contributed by atoms with E-state index in [0.29, 0.717) is 0 Å². The van der Waals surface area contributed by atoms with E-state index in [1.54, 1.807) is 6.07 Å². The van der Waals surface area contributed by atoms with Gasteiger partial charge in [0, 0.05) is 5.56 Å². The molecule has 61 valence electrons. The summed E-state index contributed by atoms with van der Waals surface area (Å²) >= 11 is 5.64. The van der Waals surface area contributed by atoms with Crippen molar-refractivity contribution in [3.05, 3.63) is 40.7 Å². The van der Waals surface area contributed by atoms with E-state index in [1.807, 2.05) is 0 Å². The zero-order chi connectivity index (χ0) is 8.97. The molecule has 0 unspecified atom stereocenters. The minimum absolute atomic E-state index is 0.211. The molecule has 0 atom stereocenters. The highest BCUT2D eigenvalue weighted by Crippen LogP contribution is 2.19. The molecule has 0 spiro atoms. The van der Waals surface area contributed by atoms with Gasteiger partial charge in [-0.05, 0) is 24.3 Å². The smallest absolute Gasteiger partial charge is 0.225 e. The van der Waals surface area contributed by atoms with Gasteiger partial charge in [-0.2, -0.15) is 0 Å². The summed E-state index contributed by atoms with van der Waals surface area (Å²) in [4.78, 5) is 9.82. The normalized spacial score (nSPS) is 10.5. The van der Waals surface area contributed by atoms with Crippen LogP contribution in [-0.4, -0.2) is 6.29 Å². The fourth-order valence-corrected chi connectivity index (χ4v) is 1.01. The highest BCUT2D eigenvalue weighted by Gasteiger charge is 2.01. The van der Waals surface area contributed by atoms with Gasteiger partial charge in [-0.1, -0.05) is 17.7 Å². The number of rotatable bonds is 2. The van der Waals surface area contributed by atoms with Crippen LogP contribution in [0.5, 0.6) is 0 Å². The van der Waals surface area contributed by atoms with Crippen molar-refractivity contribution in [2.45, 2.75) is 0 Å². The first-order valence-corrected chi connectivity index (χ1v) is 3.61. The van der Waals surface area contributed by atoms with Crippen molar-refractivity contribution in [3.63, 3.8) is 0 Å². The van der Waals surface area contributed by atoms with Gasteiger partial charge in [0.05, 0.1) is 5.02 Å². The standard InChI is InChI=1S/C9H5ClFO/c10-8-4-1-5-9(11)7(8)3-2-6-12/h1-5H. The van der Waals surface area contributed by atoms with Gasteiger partial charge in [0.15, 0.2) is 0 Å². The molecule has 1 radical (unpaired) electrons. The molecule has 0 bridgehead atoms. The monoisotopic (exact) mass is 183 g/mol. The molecule has 0 N–H and O–H groups in total. The average Bonchev–Trinajstić information content (AvgIpc) is 2.04. The summed E-state index contributed by atoms with van der Waals surface area (Å²) < 4.78 is 12.9. The summed E-state index contributed by atoms with van der Waals surface area (Å²) in [6.45, 7) is 0. The van der Waals surface area contributed by atoms with Gasteiger partial charge < -0.3 is 0 Å². The van der Waals surface area contributed by atoms with E-state index < -0.39 is 5.82 Å². The number of carbonyl (C=O) groups excluding carboxylic acids is 1. The molecule has 0 aliphatic carbocycles. The first kappa shape index (κ1) is 8.94. The molecule has 0 heterocycles. The SMILES string of the molecule is O=[C]C=Cc1c(F)cccc1Cl. The Hall–Kier alpha value is -1.15. The summed E-state index contributed by atoms with van der Waals surface area (Å²) in [6, 6.07) is 4.32. The molecule has 1 aromatic rings. The maximum Gasteiger partial charge on any atom is 0.225 e. The quantitative estimate of drug-likeness (QED) is 0.645. The van der Waals surface area contributed by atoms with E-state index in [-0.39, 0.29) is 10.6 Å². The maximum absolute atomic E-state index is 12.9. The molecule has 0 aliphatic rings. The van der Waals surface area contributed by atoms with Crippen LogP contribution < -0.4 is 0 Å². The number of allylic oxidation sites excluding steroid dienone is 1. The van der Waals surface area contributed by atoms with E-state index in [1.165, 1.54) is 24.5 Å². The molecule has 0 aromatic heterocycles. The third-order valence-electron chi connectivity index (χ3n) is 1.32. The Morgan fingerprint density at radius 1 is 1.50 bits per heavy atom. The van der Waals surface area contributed by atoms with Gasteiger partial charge in [0.1, 0.15) is 5.82 Å². The van der Waals surface area contributed by atoms with Gasteiger partial charge in [-0.3, -0.25) is 4.79 Å². The van der Waals surface area contributed by atoms with Gasteiger partial charge in [-0.25, -0.2) is 4.39 Å². The Balaban J connectivity index is 3.12. The first-order chi connectivity index (χ1) is 5.75. The first-order valence-electron chi connectivity index (χ1n) is 3.24. The van der Waals surface area contributed by atoms with Crippen LogP contribution in [0.3, 0.4) is 0 Å². The van der Waals surface area contributed by atoms with Crippen molar-refractivity contribution in [3.8, 4) is 0 Å². The molecule has 0 saturated heterocycles. The zero-order valence-electron chi connectivity index (χ0n) is 6.05.